The van der Waals surface area contributed by atoms with E-state index in [1.54, 1.807) is 6.92 Å². The Hall–Kier alpha value is -1.77. The molecular formula is C12H15NO2. The smallest absolute Gasteiger partial charge is 0.333 e. The quantitative estimate of drug-likeness (QED) is 0.607. The molecule has 80 valence electrons. The van der Waals surface area contributed by atoms with Gasteiger partial charge in [0.2, 0.25) is 0 Å². The number of benzene rings is 1. The van der Waals surface area contributed by atoms with E-state index in [9.17, 15) is 4.79 Å². The molecule has 0 aliphatic rings. The van der Waals surface area contributed by atoms with Gasteiger partial charge in [-0.05, 0) is 19.4 Å². The number of ether oxygens (including phenoxy) is 1. The van der Waals surface area contributed by atoms with Gasteiger partial charge >= 0.3 is 5.97 Å². The van der Waals surface area contributed by atoms with Crippen molar-refractivity contribution in [2.24, 2.45) is 5.73 Å². The molecule has 1 atom stereocenters. The average Bonchev–Trinajstić information content (AvgIpc) is 2.17. The van der Waals surface area contributed by atoms with Crippen molar-refractivity contribution >= 4 is 5.97 Å². The summed E-state index contributed by atoms with van der Waals surface area (Å²) < 4.78 is 5.15. The van der Waals surface area contributed by atoms with Gasteiger partial charge in [0.25, 0.3) is 0 Å². The molecule has 1 aromatic carbocycles. The van der Waals surface area contributed by atoms with E-state index in [0.717, 1.165) is 5.56 Å². The molecular weight excluding hydrogens is 190 g/mol. The van der Waals surface area contributed by atoms with Crippen LogP contribution in [0.2, 0.25) is 0 Å². The third-order valence-corrected chi connectivity index (χ3v) is 1.91. The Morgan fingerprint density at radius 2 is 2.00 bits per heavy atom. The van der Waals surface area contributed by atoms with E-state index < -0.39 is 5.97 Å². The normalized spacial score (nSPS) is 13.3. The van der Waals surface area contributed by atoms with Crippen LogP contribution < -0.4 is 5.73 Å². The van der Waals surface area contributed by atoms with Crippen molar-refractivity contribution in [2.45, 2.75) is 20.0 Å². The lowest BCUT2D eigenvalue weighted by Gasteiger charge is -2.11. The molecule has 0 saturated heterocycles. The van der Waals surface area contributed by atoms with E-state index in [1.165, 1.54) is 6.08 Å². The zero-order valence-electron chi connectivity index (χ0n) is 8.94. The molecule has 3 nitrogen and oxygen atoms in total. The van der Waals surface area contributed by atoms with E-state index in [0.29, 0.717) is 5.70 Å². The topological polar surface area (TPSA) is 52.3 Å². The number of carbonyl (C=O) groups is 1. The molecule has 0 aliphatic heterocycles. The van der Waals surface area contributed by atoms with Crippen LogP contribution in [-0.4, -0.2) is 5.97 Å². The second-order valence-corrected chi connectivity index (χ2v) is 3.38. The molecule has 15 heavy (non-hydrogen) atoms. The van der Waals surface area contributed by atoms with E-state index in [2.05, 4.69) is 0 Å². The van der Waals surface area contributed by atoms with E-state index in [4.69, 9.17) is 10.5 Å². The fourth-order valence-corrected chi connectivity index (χ4v) is 1.19. The Kier molecular flexibility index (Phi) is 3.92. The molecule has 1 rings (SSSR count). The van der Waals surface area contributed by atoms with Crippen molar-refractivity contribution in [3.8, 4) is 0 Å². The van der Waals surface area contributed by atoms with Crippen LogP contribution >= 0.6 is 0 Å². The summed E-state index contributed by atoms with van der Waals surface area (Å²) in [6, 6.07) is 9.56. The summed E-state index contributed by atoms with van der Waals surface area (Å²) in [5.74, 6) is -0.411. The van der Waals surface area contributed by atoms with Crippen LogP contribution in [-0.2, 0) is 9.53 Å². The van der Waals surface area contributed by atoms with Crippen molar-refractivity contribution in [2.75, 3.05) is 0 Å². The molecule has 1 aromatic rings. The van der Waals surface area contributed by atoms with Crippen molar-refractivity contribution in [3.63, 3.8) is 0 Å². The molecule has 0 radical (unpaired) electrons. The van der Waals surface area contributed by atoms with Gasteiger partial charge in [0.15, 0.2) is 0 Å². The molecule has 0 aromatic heterocycles. The van der Waals surface area contributed by atoms with Crippen LogP contribution in [0.15, 0.2) is 42.1 Å². The number of allylic oxidation sites excluding steroid dienone is 1. The average molecular weight is 205 g/mol. The van der Waals surface area contributed by atoms with Crippen molar-refractivity contribution in [1.29, 1.82) is 0 Å². The van der Waals surface area contributed by atoms with Crippen molar-refractivity contribution in [1.82, 2.24) is 0 Å². The minimum Gasteiger partial charge on any atom is -0.455 e. The zero-order valence-corrected chi connectivity index (χ0v) is 8.94. The second-order valence-electron chi connectivity index (χ2n) is 3.38. The predicted octanol–water partition coefficient (Wildman–Crippen LogP) is 2.15. The summed E-state index contributed by atoms with van der Waals surface area (Å²) in [5.41, 5.74) is 6.78. The van der Waals surface area contributed by atoms with Crippen LogP contribution in [0, 0.1) is 0 Å². The highest BCUT2D eigenvalue weighted by Gasteiger charge is 2.08. The molecule has 0 bridgehead atoms. The summed E-state index contributed by atoms with van der Waals surface area (Å²) in [7, 11) is 0. The zero-order chi connectivity index (χ0) is 11.3. The first kappa shape index (κ1) is 11.3. The van der Waals surface area contributed by atoms with Crippen LogP contribution in [0.3, 0.4) is 0 Å². The summed E-state index contributed by atoms with van der Waals surface area (Å²) in [5, 5.41) is 0. The molecule has 0 aliphatic carbocycles. The van der Waals surface area contributed by atoms with Gasteiger partial charge in [-0.3, -0.25) is 0 Å². The number of nitrogens with two attached hydrogens (primary N) is 1. The number of esters is 1. The van der Waals surface area contributed by atoms with E-state index >= 15 is 0 Å². The maximum Gasteiger partial charge on any atom is 0.333 e. The van der Waals surface area contributed by atoms with Crippen LogP contribution in [0.25, 0.3) is 0 Å². The Morgan fingerprint density at radius 1 is 1.40 bits per heavy atom. The largest absolute Gasteiger partial charge is 0.455 e. The van der Waals surface area contributed by atoms with Gasteiger partial charge in [0.05, 0.1) is 0 Å². The van der Waals surface area contributed by atoms with Gasteiger partial charge in [0.1, 0.15) is 6.10 Å². The summed E-state index contributed by atoms with van der Waals surface area (Å²) in [6.45, 7) is 3.47. The maximum atomic E-state index is 11.3. The Balaban J connectivity index is 2.61. The van der Waals surface area contributed by atoms with E-state index in [1.807, 2.05) is 37.3 Å². The van der Waals surface area contributed by atoms with Crippen LogP contribution in [0.1, 0.15) is 25.5 Å². The SMILES string of the molecule is CC(N)=CC(=O)OC(C)c1ccccc1. The lowest BCUT2D eigenvalue weighted by molar-refractivity contribution is -0.142. The number of rotatable bonds is 3. The first-order chi connectivity index (χ1) is 7.09. The van der Waals surface area contributed by atoms with Crippen LogP contribution in [0.4, 0.5) is 0 Å². The predicted molar refractivity (Wildman–Crippen MR) is 58.9 cm³/mol. The van der Waals surface area contributed by atoms with Gasteiger partial charge < -0.3 is 10.5 Å². The molecule has 0 amide bonds. The highest BCUT2D eigenvalue weighted by Crippen LogP contribution is 2.16. The Morgan fingerprint density at radius 3 is 2.53 bits per heavy atom. The molecule has 1 unspecified atom stereocenters. The minimum absolute atomic E-state index is 0.255. The highest BCUT2D eigenvalue weighted by atomic mass is 16.5. The lowest BCUT2D eigenvalue weighted by atomic mass is 10.1. The molecule has 2 N–H and O–H groups in total. The minimum atomic E-state index is -0.411. The first-order valence-corrected chi connectivity index (χ1v) is 4.79. The van der Waals surface area contributed by atoms with Gasteiger partial charge in [-0.1, -0.05) is 30.3 Å². The fourth-order valence-electron chi connectivity index (χ4n) is 1.19. The van der Waals surface area contributed by atoms with Gasteiger partial charge in [-0.15, -0.1) is 0 Å². The number of hydrogen-bond donors (Lipinski definition) is 1. The third-order valence-electron chi connectivity index (χ3n) is 1.91. The van der Waals surface area contributed by atoms with E-state index in [-0.39, 0.29) is 6.10 Å². The van der Waals surface area contributed by atoms with Crippen molar-refractivity contribution in [3.05, 3.63) is 47.7 Å². The summed E-state index contributed by atoms with van der Waals surface area (Å²) in [6.07, 6.45) is 1.02. The second kappa shape index (κ2) is 5.20. The highest BCUT2D eigenvalue weighted by molar-refractivity contribution is 5.82. The Labute approximate surface area is 89.5 Å². The molecule has 0 spiro atoms. The summed E-state index contributed by atoms with van der Waals surface area (Å²) in [4.78, 5) is 11.3. The third kappa shape index (κ3) is 3.85. The Bertz CT molecular complexity index is 353. The summed E-state index contributed by atoms with van der Waals surface area (Å²) >= 11 is 0. The maximum absolute atomic E-state index is 11.3. The molecule has 0 saturated carbocycles. The standard InChI is InChI=1S/C12H15NO2/c1-9(13)8-12(14)15-10(2)11-6-4-3-5-7-11/h3-8,10H,13H2,1-2H3. The number of hydrogen-bond acceptors (Lipinski definition) is 3. The van der Waals surface area contributed by atoms with Gasteiger partial charge in [-0.2, -0.15) is 0 Å². The lowest BCUT2D eigenvalue weighted by Crippen LogP contribution is -2.08. The number of carbonyl (C=O) groups excluding carboxylic acids is 1. The first-order valence-electron chi connectivity index (χ1n) is 4.79. The molecule has 3 heteroatoms. The fraction of sp³-hybridized carbons (Fsp3) is 0.250. The van der Waals surface area contributed by atoms with Crippen LogP contribution in [0.5, 0.6) is 0 Å². The monoisotopic (exact) mass is 205 g/mol. The molecule has 0 fully saturated rings. The van der Waals surface area contributed by atoms with Crippen molar-refractivity contribution < 1.29 is 9.53 Å². The van der Waals surface area contributed by atoms with Gasteiger partial charge in [-0.25, -0.2) is 4.79 Å². The molecule has 0 heterocycles. The van der Waals surface area contributed by atoms with Gasteiger partial charge in [0, 0.05) is 11.8 Å².